The number of anilines is 1. The SMILES string of the molecule is C[C@@H]1CN(C(=O)CCC(=O)O)CCN1c1cccc(C(=O)NC2C3CC4CC2CC(O)(C4)C3)n1. The number of aliphatic hydroxyl groups is 1. The zero-order valence-electron chi connectivity index (χ0n) is 19.7. The fourth-order valence-corrected chi connectivity index (χ4v) is 7.05. The summed E-state index contributed by atoms with van der Waals surface area (Å²) in [5.74, 6) is 0.705. The van der Waals surface area contributed by atoms with Crippen molar-refractivity contribution in [3.63, 3.8) is 0 Å². The first kappa shape index (κ1) is 23.1. The number of amides is 2. The van der Waals surface area contributed by atoms with E-state index in [9.17, 15) is 19.5 Å². The average Bonchev–Trinajstić information content (AvgIpc) is 2.78. The Morgan fingerprint density at radius 2 is 1.85 bits per heavy atom. The van der Waals surface area contributed by atoms with Crippen LogP contribution in [0.5, 0.6) is 0 Å². The number of piperazine rings is 1. The van der Waals surface area contributed by atoms with E-state index in [-0.39, 0.29) is 36.7 Å². The van der Waals surface area contributed by atoms with Crippen molar-refractivity contribution in [3.05, 3.63) is 23.9 Å². The predicted molar refractivity (Wildman–Crippen MR) is 124 cm³/mol. The van der Waals surface area contributed by atoms with Gasteiger partial charge in [0.05, 0.1) is 12.0 Å². The Labute approximate surface area is 199 Å². The van der Waals surface area contributed by atoms with Crippen LogP contribution in [0.4, 0.5) is 5.82 Å². The van der Waals surface area contributed by atoms with E-state index in [0.29, 0.717) is 48.9 Å². The maximum absolute atomic E-state index is 13.1. The van der Waals surface area contributed by atoms with Gasteiger partial charge in [0.1, 0.15) is 11.5 Å². The number of carbonyl (C=O) groups excluding carboxylic acids is 2. The zero-order chi connectivity index (χ0) is 24.0. The van der Waals surface area contributed by atoms with E-state index < -0.39 is 11.6 Å². The molecule has 4 aliphatic carbocycles. The molecule has 184 valence electrons. The van der Waals surface area contributed by atoms with E-state index in [1.54, 1.807) is 11.0 Å². The number of nitrogens with zero attached hydrogens (tertiary/aromatic N) is 3. The molecule has 9 nitrogen and oxygen atoms in total. The normalized spacial score (nSPS) is 34.2. The molecule has 4 saturated carbocycles. The molecule has 1 aromatic heterocycles. The Bertz CT molecular complexity index is 968. The molecule has 0 radical (unpaired) electrons. The van der Waals surface area contributed by atoms with Crippen LogP contribution < -0.4 is 10.2 Å². The molecule has 9 heteroatoms. The maximum Gasteiger partial charge on any atom is 0.303 e. The summed E-state index contributed by atoms with van der Waals surface area (Å²) in [6.07, 6.45) is 4.51. The number of hydrogen-bond donors (Lipinski definition) is 3. The summed E-state index contributed by atoms with van der Waals surface area (Å²) in [6.45, 7) is 3.57. The number of pyridine rings is 1. The largest absolute Gasteiger partial charge is 0.481 e. The van der Waals surface area contributed by atoms with Gasteiger partial charge in [0, 0.05) is 38.1 Å². The minimum Gasteiger partial charge on any atom is -0.481 e. The third-order valence-electron chi connectivity index (χ3n) is 8.33. The maximum atomic E-state index is 13.1. The van der Waals surface area contributed by atoms with Gasteiger partial charge in [0.15, 0.2) is 0 Å². The Morgan fingerprint density at radius 1 is 1.12 bits per heavy atom. The summed E-state index contributed by atoms with van der Waals surface area (Å²) >= 11 is 0. The lowest BCUT2D eigenvalue weighted by molar-refractivity contribution is -0.141. The molecule has 2 unspecified atom stereocenters. The van der Waals surface area contributed by atoms with Crippen LogP contribution in [-0.2, 0) is 9.59 Å². The molecule has 5 aliphatic rings. The van der Waals surface area contributed by atoms with E-state index in [1.165, 1.54) is 0 Å². The molecule has 3 atom stereocenters. The lowest BCUT2D eigenvalue weighted by atomic mass is 9.52. The second-order valence-corrected chi connectivity index (χ2v) is 10.9. The zero-order valence-corrected chi connectivity index (χ0v) is 19.7. The molecule has 5 fully saturated rings. The molecule has 6 rings (SSSR count). The van der Waals surface area contributed by atoms with Gasteiger partial charge in [-0.1, -0.05) is 6.07 Å². The molecule has 2 heterocycles. The van der Waals surface area contributed by atoms with Crippen molar-refractivity contribution < 1.29 is 24.6 Å². The minimum atomic E-state index is -0.969. The van der Waals surface area contributed by atoms with Crippen LogP contribution >= 0.6 is 0 Å². The van der Waals surface area contributed by atoms with Crippen LogP contribution in [0.15, 0.2) is 18.2 Å². The van der Waals surface area contributed by atoms with Crippen molar-refractivity contribution in [2.45, 2.75) is 69.6 Å². The van der Waals surface area contributed by atoms with Crippen LogP contribution in [0.25, 0.3) is 0 Å². The van der Waals surface area contributed by atoms with Gasteiger partial charge in [-0.15, -0.1) is 0 Å². The summed E-state index contributed by atoms with van der Waals surface area (Å²) in [4.78, 5) is 44.7. The number of aliphatic carboxylic acids is 1. The molecule has 1 aliphatic heterocycles. The van der Waals surface area contributed by atoms with E-state index in [1.807, 2.05) is 19.1 Å². The van der Waals surface area contributed by atoms with E-state index in [4.69, 9.17) is 5.11 Å². The van der Waals surface area contributed by atoms with Gasteiger partial charge in [0.25, 0.3) is 5.91 Å². The third kappa shape index (κ3) is 4.50. The second kappa shape index (κ2) is 8.83. The van der Waals surface area contributed by atoms with Crippen LogP contribution in [0.3, 0.4) is 0 Å². The molecule has 34 heavy (non-hydrogen) atoms. The van der Waals surface area contributed by atoms with E-state index in [0.717, 1.165) is 32.1 Å². The van der Waals surface area contributed by atoms with Gasteiger partial charge < -0.3 is 25.3 Å². The van der Waals surface area contributed by atoms with Crippen LogP contribution in [0.1, 0.15) is 62.4 Å². The highest BCUT2D eigenvalue weighted by atomic mass is 16.4. The highest BCUT2D eigenvalue weighted by Gasteiger charge is 2.55. The Morgan fingerprint density at radius 3 is 2.50 bits per heavy atom. The highest BCUT2D eigenvalue weighted by Crippen LogP contribution is 2.55. The summed E-state index contributed by atoms with van der Waals surface area (Å²) in [6, 6.07) is 5.56. The standard InChI is InChI=1S/C25H34N4O5/c1-15-14-28(21(30)5-6-22(31)32)7-8-29(15)20-4-2-3-19(26-20)24(33)27-23-17-9-16-10-18(23)13-25(34,11-16)12-17/h2-4,15-18,23,34H,5-14H2,1H3,(H,27,33)(H,31,32)/t15-,16?,17?,18?,23?,25?/m1/s1. The number of nitrogens with one attached hydrogen (secondary N) is 1. The number of carbonyl (C=O) groups is 3. The fourth-order valence-electron chi connectivity index (χ4n) is 7.05. The molecular formula is C25H34N4O5. The third-order valence-corrected chi connectivity index (χ3v) is 8.33. The second-order valence-electron chi connectivity index (χ2n) is 10.9. The minimum absolute atomic E-state index is 0.00138. The molecule has 0 aromatic carbocycles. The summed E-state index contributed by atoms with van der Waals surface area (Å²) < 4.78 is 0. The van der Waals surface area contributed by atoms with E-state index >= 15 is 0 Å². The Balaban J connectivity index is 1.21. The number of hydrogen-bond acceptors (Lipinski definition) is 6. The first-order valence-corrected chi connectivity index (χ1v) is 12.5. The monoisotopic (exact) mass is 470 g/mol. The van der Waals surface area contributed by atoms with Crippen molar-refractivity contribution in [2.24, 2.45) is 17.8 Å². The van der Waals surface area contributed by atoms with Crippen LogP contribution in [0.2, 0.25) is 0 Å². The summed E-state index contributed by atoms with van der Waals surface area (Å²) in [5.41, 5.74) is -0.138. The van der Waals surface area contributed by atoms with Gasteiger partial charge in [0.2, 0.25) is 5.91 Å². The molecule has 4 bridgehead atoms. The Kier molecular flexibility index (Phi) is 6.00. The molecule has 0 spiro atoms. The van der Waals surface area contributed by atoms with Gasteiger partial charge in [-0.25, -0.2) is 4.98 Å². The number of aromatic nitrogens is 1. The van der Waals surface area contributed by atoms with Crippen molar-refractivity contribution in [1.29, 1.82) is 0 Å². The first-order valence-electron chi connectivity index (χ1n) is 12.5. The lowest BCUT2D eigenvalue weighted by Gasteiger charge is -2.58. The molecule has 2 amide bonds. The van der Waals surface area contributed by atoms with Crippen LogP contribution in [0, 0.1) is 17.8 Å². The van der Waals surface area contributed by atoms with Gasteiger partial charge >= 0.3 is 5.97 Å². The Hall–Kier alpha value is -2.68. The quantitative estimate of drug-likeness (QED) is 0.578. The number of carboxylic acid groups (broad SMARTS) is 1. The van der Waals surface area contributed by atoms with Crippen molar-refractivity contribution in [2.75, 3.05) is 24.5 Å². The van der Waals surface area contributed by atoms with Crippen LogP contribution in [-0.4, -0.2) is 75.2 Å². The first-order chi connectivity index (χ1) is 16.2. The summed E-state index contributed by atoms with van der Waals surface area (Å²) in [5, 5.41) is 22.9. The van der Waals surface area contributed by atoms with Gasteiger partial charge in [-0.05, 0) is 68.9 Å². The highest BCUT2D eigenvalue weighted by molar-refractivity contribution is 5.93. The van der Waals surface area contributed by atoms with Crippen molar-refractivity contribution in [3.8, 4) is 0 Å². The average molecular weight is 471 g/mol. The van der Waals surface area contributed by atoms with Crippen molar-refractivity contribution in [1.82, 2.24) is 15.2 Å². The van der Waals surface area contributed by atoms with Gasteiger partial charge in [-0.2, -0.15) is 0 Å². The van der Waals surface area contributed by atoms with Crippen molar-refractivity contribution >= 4 is 23.6 Å². The number of carboxylic acids is 1. The predicted octanol–water partition coefficient (Wildman–Crippen LogP) is 1.65. The summed E-state index contributed by atoms with van der Waals surface area (Å²) in [7, 11) is 0. The topological polar surface area (TPSA) is 123 Å². The fraction of sp³-hybridized carbons (Fsp3) is 0.680. The smallest absolute Gasteiger partial charge is 0.303 e. The van der Waals surface area contributed by atoms with Gasteiger partial charge in [-0.3, -0.25) is 14.4 Å². The molecule has 1 saturated heterocycles. The van der Waals surface area contributed by atoms with E-state index in [2.05, 4.69) is 15.2 Å². The molecule has 3 N–H and O–H groups in total. The lowest BCUT2D eigenvalue weighted by Crippen LogP contribution is -2.61. The molecule has 1 aromatic rings. The number of rotatable bonds is 6. The molecular weight excluding hydrogens is 436 g/mol.